The van der Waals surface area contributed by atoms with Gasteiger partial charge in [0.25, 0.3) is 0 Å². The van der Waals surface area contributed by atoms with Gasteiger partial charge in [-0.2, -0.15) is 5.10 Å². The molecule has 0 bridgehead atoms. The molecule has 3 N–H and O–H groups in total. The zero-order valence-electron chi connectivity index (χ0n) is 10.6. The molecule has 2 rings (SSSR count). The second kappa shape index (κ2) is 6.03. The zero-order valence-corrected chi connectivity index (χ0v) is 12.1. The van der Waals surface area contributed by atoms with E-state index in [1.54, 1.807) is 31.2 Å². The summed E-state index contributed by atoms with van der Waals surface area (Å²) in [4.78, 5) is 0. The van der Waals surface area contributed by atoms with Crippen molar-refractivity contribution in [2.24, 2.45) is 5.10 Å². The number of rotatable bonds is 3. The van der Waals surface area contributed by atoms with Crippen LogP contribution in [-0.4, -0.2) is 15.9 Å². The number of phenolic OH excluding ortho intramolecular Hbond substituents is 2. The van der Waals surface area contributed by atoms with E-state index >= 15 is 0 Å². The van der Waals surface area contributed by atoms with Crippen LogP contribution in [0, 0.1) is 0 Å². The summed E-state index contributed by atoms with van der Waals surface area (Å²) in [7, 11) is 0. The maximum Gasteiger partial charge on any atom is 0.128 e. The number of hydrogen-bond donors (Lipinski definition) is 3. The molecule has 0 aliphatic carbocycles. The molecule has 0 saturated heterocycles. The molecule has 0 heterocycles. The van der Waals surface area contributed by atoms with Gasteiger partial charge in [-0.15, -0.1) is 0 Å². The zero-order chi connectivity index (χ0) is 14.7. The van der Waals surface area contributed by atoms with Gasteiger partial charge in [0, 0.05) is 16.7 Å². The first kappa shape index (κ1) is 14.5. The summed E-state index contributed by atoms with van der Waals surface area (Å²) >= 11 is 11.8. The molecule has 0 aromatic heterocycles. The molecule has 2 aromatic rings. The highest BCUT2D eigenvalue weighted by atomic mass is 35.5. The number of hydrogen-bond acceptors (Lipinski definition) is 4. The molecule has 2 aromatic carbocycles. The highest BCUT2D eigenvalue weighted by Gasteiger charge is 2.06. The number of hydrazone groups is 1. The van der Waals surface area contributed by atoms with Crippen LogP contribution >= 0.6 is 23.2 Å². The molecule has 104 valence electrons. The third-order valence-corrected chi connectivity index (χ3v) is 3.19. The fourth-order valence-electron chi connectivity index (χ4n) is 1.61. The Hall–Kier alpha value is -1.91. The van der Waals surface area contributed by atoms with Crippen molar-refractivity contribution in [2.75, 3.05) is 5.43 Å². The molecule has 0 aliphatic rings. The molecular formula is C14H12Cl2N2O2. The van der Waals surface area contributed by atoms with Crippen molar-refractivity contribution in [3.8, 4) is 11.5 Å². The molecule has 6 heteroatoms. The van der Waals surface area contributed by atoms with Crippen molar-refractivity contribution in [1.82, 2.24) is 0 Å². The predicted octanol–water partition coefficient (Wildman–Crippen LogP) is 4.24. The molecular weight excluding hydrogens is 299 g/mol. The summed E-state index contributed by atoms with van der Waals surface area (Å²) in [5.74, 6) is -0.0528. The first-order chi connectivity index (χ1) is 9.47. The normalized spacial score (nSPS) is 11.4. The van der Waals surface area contributed by atoms with Crippen LogP contribution in [0.15, 0.2) is 41.5 Å². The van der Waals surface area contributed by atoms with Crippen molar-refractivity contribution >= 4 is 34.6 Å². The number of nitrogens with zero attached hydrogens (tertiary/aromatic N) is 1. The summed E-state index contributed by atoms with van der Waals surface area (Å²) in [6, 6.07) is 9.31. The smallest absolute Gasteiger partial charge is 0.128 e. The van der Waals surface area contributed by atoms with Gasteiger partial charge in [-0.3, -0.25) is 5.43 Å². The summed E-state index contributed by atoms with van der Waals surface area (Å²) in [6.45, 7) is 1.73. The van der Waals surface area contributed by atoms with E-state index in [1.807, 2.05) is 0 Å². The van der Waals surface area contributed by atoms with Crippen LogP contribution in [0.5, 0.6) is 11.5 Å². The number of benzene rings is 2. The van der Waals surface area contributed by atoms with Crippen LogP contribution in [0.3, 0.4) is 0 Å². The molecule has 20 heavy (non-hydrogen) atoms. The highest BCUT2D eigenvalue weighted by Crippen LogP contribution is 2.26. The van der Waals surface area contributed by atoms with E-state index in [4.69, 9.17) is 23.2 Å². The molecule has 0 amide bonds. The van der Waals surface area contributed by atoms with Gasteiger partial charge >= 0.3 is 0 Å². The molecule has 0 radical (unpaired) electrons. The van der Waals surface area contributed by atoms with Crippen LogP contribution in [-0.2, 0) is 0 Å². The van der Waals surface area contributed by atoms with E-state index in [-0.39, 0.29) is 11.5 Å². The number of halogens is 2. The minimum absolute atomic E-state index is 0.00671. The van der Waals surface area contributed by atoms with Gasteiger partial charge in [-0.25, -0.2) is 0 Å². The van der Waals surface area contributed by atoms with Crippen LogP contribution in [0.2, 0.25) is 10.0 Å². The maximum absolute atomic E-state index is 9.74. The average Bonchev–Trinajstić information content (AvgIpc) is 2.37. The lowest BCUT2D eigenvalue weighted by molar-refractivity contribution is 0.450. The lowest BCUT2D eigenvalue weighted by atomic mass is 10.1. The van der Waals surface area contributed by atoms with Crippen LogP contribution in [0.4, 0.5) is 5.69 Å². The lowest BCUT2D eigenvalue weighted by Crippen LogP contribution is -2.00. The fourth-order valence-corrected chi connectivity index (χ4v) is 2.06. The summed E-state index contributed by atoms with van der Waals surface area (Å²) in [5.41, 5.74) is 4.47. The minimum Gasteiger partial charge on any atom is -0.508 e. The lowest BCUT2D eigenvalue weighted by Gasteiger charge is -2.07. The Morgan fingerprint density at radius 2 is 1.85 bits per heavy atom. The standard InChI is InChI=1S/C14H12Cl2N2O2/c1-8(11-4-3-10(19)7-14(11)20)17-18-13-5-2-9(15)6-12(13)16/h2-7,18-20H,1H3. The van der Waals surface area contributed by atoms with E-state index in [2.05, 4.69) is 10.5 Å². The van der Waals surface area contributed by atoms with Gasteiger partial charge in [-0.05, 0) is 37.3 Å². The van der Waals surface area contributed by atoms with Crippen molar-refractivity contribution in [2.45, 2.75) is 6.92 Å². The molecule has 0 aliphatic heterocycles. The Morgan fingerprint density at radius 3 is 2.50 bits per heavy atom. The Labute approximate surface area is 126 Å². The number of phenols is 2. The van der Waals surface area contributed by atoms with Crippen LogP contribution < -0.4 is 5.43 Å². The van der Waals surface area contributed by atoms with Crippen molar-refractivity contribution < 1.29 is 10.2 Å². The Balaban J connectivity index is 2.22. The summed E-state index contributed by atoms with van der Waals surface area (Å²) in [6.07, 6.45) is 0. The van der Waals surface area contributed by atoms with Gasteiger partial charge in [0.1, 0.15) is 11.5 Å². The molecule has 0 fully saturated rings. The van der Waals surface area contributed by atoms with Gasteiger partial charge in [-0.1, -0.05) is 23.2 Å². The molecule has 4 nitrogen and oxygen atoms in total. The first-order valence-corrected chi connectivity index (χ1v) is 6.50. The van der Waals surface area contributed by atoms with Crippen molar-refractivity contribution in [3.05, 3.63) is 52.0 Å². The minimum atomic E-state index is -0.0461. The van der Waals surface area contributed by atoms with Gasteiger partial charge in [0.15, 0.2) is 0 Å². The molecule has 0 atom stereocenters. The Bertz CT molecular complexity index is 672. The SMILES string of the molecule is CC(=NNc1ccc(Cl)cc1Cl)c1ccc(O)cc1O. The van der Waals surface area contributed by atoms with E-state index in [0.29, 0.717) is 27.0 Å². The van der Waals surface area contributed by atoms with Gasteiger partial charge in [0.05, 0.1) is 16.4 Å². The van der Waals surface area contributed by atoms with Gasteiger partial charge < -0.3 is 10.2 Å². The fraction of sp³-hybridized carbons (Fsp3) is 0.0714. The van der Waals surface area contributed by atoms with E-state index in [9.17, 15) is 10.2 Å². The topological polar surface area (TPSA) is 64.9 Å². The molecule has 0 spiro atoms. The Morgan fingerprint density at radius 1 is 1.10 bits per heavy atom. The highest BCUT2D eigenvalue weighted by molar-refractivity contribution is 6.36. The second-order valence-corrected chi connectivity index (χ2v) is 4.98. The predicted molar refractivity (Wildman–Crippen MR) is 82.1 cm³/mol. The molecule has 0 unspecified atom stereocenters. The van der Waals surface area contributed by atoms with E-state index in [0.717, 1.165) is 0 Å². The second-order valence-electron chi connectivity index (χ2n) is 4.13. The number of aromatic hydroxyl groups is 2. The van der Waals surface area contributed by atoms with E-state index in [1.165, 1.54) is 12.1 Å². The largest absolute Gasteiger partial charge is 0.508 e. The van der Waals surface area contributed by atoms with Crippen molar-refractivity contribution in [3.63, 3.8) is 0 Å². The number of anilines is 1. The average molecular weight is 311 g/mol. The third-order valence-electron chi connectivity index (χ3n) is 2.65. The summed E-state index contributed by atoms with van der Waals surface area (Å²) in [5, 5.41) is 24.1. The maximum atomic E-state index is 9.74. The van der Waals surface area contributed by atoms with Gasteiger partial charge in [0.2, 0.25) is 0 Å². The summed E-state index contributed by atoms with van der Waals surface area (Å²) < 4.78 is 0. The first-order valence-electron chi connectivity index (χ1n) is 5.75. The number of nitrogens with one attached hydrogen (secondary N) is 1. The van der Waals surface area contributed by atoms with Crippen molar-refractivity contribution in [1.29, 1.82) is 0 Å². The molecule has 0 saturated carbocycles. The monoisotopic (exact) mass is 310 g/mol. The van der Waals surface area contributed by atoms with Crippen LogP contribution in [0.1, 0.15) is 12.5 Å². The quantitative estimate of drug-likeness (QED) is 0.587. The third kappa shape index (κ3) is 3.35. The van der Waals surface area contributed by atoms with E-state index < -0.39 is 0 Å². The Kier molecular flexibility index (Phi) is 4.37. The van der Waals surface area contributed by atoms with Crippen LogP contribution in [0.25, 0.3) is 0 Å².